The van der Waals surface area contributed by atoms with Crippen molar-refractivity contribution in [3.05, 3.63) is 12.2 Å². The lowest BCUT2D eigenvalue weighted by molar-refractivity contribution is -0.167. The molecule has 0 heterocycles. The van der Waals surface area contributed by atoms with Crippen LogP contribution in [0.2, 0.25) is 0 Å². The van der Waals surface area contributed by atoms with E-state index in [1.165, 1.54) is 50.5 Å². The molecule has 0 aromatic carbocycles. The van der Waals surface area contributed by atoms with Gasteiger partial charge in [0.05, 0.1) is 12.0 Å². The predicted molar refractivity (Wildman–Crippen MR) is 137 cm³/mol. The molecule has 0 aromatic rings. The van der Waals surface area contributed by atoms with E-state index in [1.807, 2.05) is 0 Å². The molecule has 3 nitrogen and oxygen atoms in total. The molecule has 5 saturated carbocycles. The third-order valence-electron chi connectivity index (χ3n) is 13.5. The monoisotopic (exact) mass is 470 g/mol. The first-order chi connectivity index (χ1) is 15.8. The maximum atomic E-state index is 12.6. The number of allylic oxidation sites excluding steroid dienone is 1. The molecule has 5 rings (SSSR count). The normalized spacial score (nSPS) is 49.4. The summed E-state index contributed by atoms with van der Waals surface area (Å²) in [7, 11) is 0. The molecule has 0 saturated heterocycles. The summed E-state index contributed by atoms with van der Waals surface area (Å²) in [5.74, 6) is 1.26. The fourth-order valence-corrected chi connectivity index (χ4v) is 11.2. The first-order valence-corrected chi connectivity index (χ1v) is 14.4. The maximum Gasteiger partial charge on any atom is 0.306 e. The second-order valence-electron chi connectivity index (χ2n) is 14.8. The molecule has 0 aromatic heterocycles. The molecule has 9 atom stereocenters. The Labute approximate surface area is 208 Å². The first-order valence-electron chi connectivity index (χ1n) is 14.4. The van der Waals surface area contributed by atoms with Crippen LogP contribution in [0.5, 0.6) is 0 Å². The van der Waals surface area contributed by atoms with Crippen molar-refractivity contribution >= 4 is 5.97 Å². The van der Waals surface area contributed by atoms with Gasteiger partial charge >= 0.3 is 5.97 Å². The van der Waals surface area contributed by atoms with E-state index >= 15 is 0 Å². The fraction of sp³-hybridized carbons (Fsp3) is 0.903. The Morgan fingerprint density at radius 3 is 2.21 bits per heavy atom. The number of carbonyl (C=O) groups is 1. The van der Waals surface area contributed by atoms with Gasteiger partial charge in [-0.05, 0) is 121 Å². The Morgan fingerprint density at radius 1 is 0.912 bits per heavy atom. The van der Waals surface area contributed by atoms with Crippen LogP contribution in [0.4, 0.5) is 0 Å². The predicted octanol–water partition coefficient (Wildman–Crippen LogP) is 7.48. The van der Waals surface area contributed by atoms with Gasteiger partial charge in [0.1, 0.15) is 0 Å². The minimum absolute atomic E-state index is 0.0276. The average Bonchev–Trinajstić information content (AvgIpc) is 3.35. The molecule has 34 heavy (non-hydrogen) atoms. The molecule has 3 heteroatoms. The van der Waals surface area contributed by atoms with Crippen molar-refractivity contribution in [2.75, 3.05) is 0 Å². The summed E-state index contributed by atoms with van der Waals surface area (Å²) >= 11 is 0. The fourth-order valence-electron chi connectivity index (χ4n) is 11.2. The second-order valence-corrected chi connectivity index (χ2v) is 14.8. The summed E-state index contributed by atoms with van der Waals surface area (Å²) < 4.78 is 0. The lowest BCUT2D eigenvalue weighted by Gasteiger charge is -2.63. The van der Waals surface area contributed by atoms with E-state index in [4.69, 9.17) is 0 Å². The van der Waals surface area contributed by atoms with E-state index in [0.717, 1.165) is 31.6 Å². The number of rotatable bonds is 6. The highest BCUT2D eigenvalue weighted by molar-refractivity contribution is 5.70. The van der Waals surface area contributed by atoms with Crippen molar-refractivity contribution in [2.45, 2.75) is 118 Å². The van der Waals surface area contributed by atoms with Crippen LogP contribution in [0.1, 0.15) is 112 Å². The highest BCUT2D eigenvalue weighted by Crippen LogP contribution is 2.89. The van der Waals surface area contributed by atoms with Gasteiger partial charge in [-0.2, -0.15) is 0 Å². The molecule has 5 aliphatic rings. The quantitative estimate of drug-likeness (QED) is 0.396. The minimum atomic E-state index is -0.582. The number of aliphatic carboxylic acids is 1. The van der Waals surface area contributed by atoms with Crippen LogP contribution in [0.3, 0.4) is 0 Å². The molecule has 0 amide bonds. The number of fused-ring (bicyclic) bond motifs is 2. The lowest BCUT2D eigenvalue weighted by Crippen LogP contribution is -2.57. The lowest BCUT2D eigenvalue weighted by atomic mass is 9.41. The number of hydrogen-bond acceptors (Lipinski definition) is 2. The molecule has 0 bridgehead atoms. The van der Waals surface area contributed by atoms with Crippen LogP contribution >= 0.6 is 0 Å². The van der Waals surface area contributed by atoms with E-state index in [0.29, 0.717) is 22.7 Å². The molecule has 0 radical (unpaired) electrons. The van der Waals surface area contributed by atoms with Crippen molar-refractivity contribution in [1.82, 2.24) is 0 Å². The van der Waals surface area contributed by atoms with Crippen molar-refractivity contribution in [3.8, 4) is 0 Å². The maximum absolute atomic E-state index is 12.6. The van der Waals surface area contributed by atoms with Crippen molar-refractivity contribution in [1.29, 1.82) is 0 Å². The van der Waals surface area contributed by atoms with Gasteiger partial charge < -0.3 is 10.2 Å². The Kier molecular flexibility index (Phi) is 5.55. The van der Waals surface area contributed by atoms with E-state index < -0.39 is 5.97 Å². The van der Waals surface area contributed by atoms with Crippen molar-refractivity contribution in [2.24, 2.45) is 56.7 Å². The number of hydrogen-bond donors (Lipinski definition) is 2. The molecule has 5 fully saturated rings. The van der Waals surface area contributed by atoms with E-state index in [2.05, 4.69) is 48.1 Å². The van der Waals surface area contributed by atoms with E-state index in [1.54, 1.807) is 0 Å². The summed E-state index contributed by atoms with van der Waals surface area (Å²) in [6.07, 6.45) is 12.3. The Morgan fingerprint density at radius 2 is 1.56 bits per heavy atom. The summed E-state index contributed by atoms with van der Waals surface area (Å²) in [6.45, 7) is 18.3. The summed E-state index contributed by atoms with van der Waals surface area (Å²) in [5, 5.41) is 21.2. The molecular weight excluding hydrogens is 420 g/mol. The van der Waals surface area contributed by atoms with Crippen molar-refractivity contribution in [3.63, 3.8) is 0 Å². The van der Waals surface area contributed by atoms with Gasteiger partial charge in [-0.15, -0.1) is 0 Å². The smallest absolute Gasteiger partial charge is 0.306 e. The highest BCUT2D eigenvalue weighted by Gasteiger charge is 2.82. The van der Waals surface area contributed by atoms with Gasteiger partial charge in [-0.25, -0.2) is 0 Å². The molecule has 5 aliphatic carbocycles. The van der Waals surface area contributed by atoms with Gasteiger partial charge in [0, 0.05) is 0 Å². The van der Waals surface area contributed by atoms with Crippen LogP contribution in [0, 0.1) is 56.7 Å². The van der Waals surface area contributed by atoms with Crippen LogP contribution in [0.15, 0.2) is 12.2 Å². The number of aliphatic hydroxyl groups is 1. The van der Waals surface area contributed by atoms with Crippen molar-refractivity contribution < 1.29 is 15.0 Å². The average molecular weight is 471 g/mol. The SMILES string of the molecule is C=C(CCC(C(=O)O)C1CCC2(C)C3CCC4C(C)(C)C(O)CCC45CC35CCC12C)C(C)C. The minimum Gasteiger partial charge on any atom is -0.481 e. The van der Waals surface area contributed by atoms with Crippen LogP contribution < -0.4 is 0 Å². The summed E-state index contributed by atoms with van der Waals surface area (Å²) in [4.78, 5) is 12.6. The Balaban J connectivity index is 1.42. The zero-order valence-electron chi connectivity index (χ0n) is 22.8. The third kappa shape index (κ3) is 2.94. The molecule has 2 N–H and O–H groups in total. The van der Waals surface area contributed by atoms with Gasteiger partial charge in [0.25, 0.3) is 0 Å². The van der Waals surface area contributed by atoms with Crippen LogP contribution in [0.25, 0.3) is 0 Å². The topological polar surface area (TPSA) is 57.5 Å². The number of aliphatic hydroxyl groups excluding tert-OH is 1. The largest absolute Gasteiger partial charge is 0.481 e. The Hall–Kier alpha value is -0.830. The van der Waals surface area contributed by atoms with Gasteiger partial charge in [0.2, 0.25) is 0 Å². The second kappa shape index (κ2) is 7.59. The molecule has 9 unspecified atom stereocenters. The number of carboxylic acid groups (broad SMARTS) is 1. The van der Waals surface area contributed by atoms with Gasteiger partial charge in [-0.1, -0.05) is 53.7 Å². The van der Waals surface area contributed by atoms with E-state index in [-0.39, 0.29) is 34.2 Å². The molecule has 0 aliphatic heterocycles. The highest BCUT2D eigenvalue weighted by atomic mass is 16.4. The van der Waals surface area contributed by atoms with Crippen LogP contribution in [-0.2, 0) is 4.79 Å². The van der Waals surface area contributed by atoms with Gasteiger partial charge in [0.15, 0.2) is 0 Å². The van der Waals surface area contributed by atoms with Crippen LogP contribution in [-0.4, -0.2) is 22.3 Å². The summed E-state index contributed by atoms with van der Waals surface area (Å²) in [6, 6.07) is 0. The summed E-state index contributed by atoms with van der Waals surface area (Å²) in [5.41, 5.74) is 2.49. The van der Waals surface area contributed by atoms with Gasteiger partial charge in [-0.3, -0.25) is 4.79 Å². The zero-order chi connectivity index (χ0) is 24.9. The molecule has 192 valence electrons. The third-order valence-corrected chi connectivity index (χ3v) is 13.5. The van der Waals surface area contributed by atoms with E-state index in [9.17, 15) is 15.0 Å². The molecule has 2 spiro atoms. The first kappa shape index (κ1) is 24.8. The molecular formula is C31H50O3. The number of carboxylic acids is 1. The zero-order valence-corrected chi connectivity index (χ0v) is 22.8. The standard InChI is InChI=1S/C31H50O3/c1-19(2)20(3)8-9-21(26(33)34)22-12-14-29(7)24-11-10-23-27(4,5)25(32)13-15-30(23)18-31(24,30)17-16-28(22,29)6/h19,21-25,32H,3,8-18H2,1-2,4-7H3,(H,33,34). The Bertz CT molecular complexity index is 874.